The van der Waals surface area contributed by atoms with Gasteiger partial charge < -0.3 is 20.5 Å². The van der Waals surface area contributed by atoms with Gasteiger partial charge in [0.25, 0.3) is 0 Å². The van der Waals surface area contributed by atoms with Crippen molar-refractivity contribution >= 4 is 29.2 Å². The largest absolute Gasteiger partial charge is 0.466 e. The third-order valence-electron chi connectivity index (χ3n) is 6.60. The Balaban J connectivity index is 1.89. The van der Waals surface area contributed by atoms with E-state index in [-0.39, 0.29) is 35.1 Å². The van der Waals surface area contributed by atoms with Crippen molar-refractivity contribution in [2.24, 2.45) is 5.73 Å². The predicted octanol–water partition coefficient (Wildman–Crippen LogP) is 2.62. The van der Waals surface area contributed by atoms with E-state index < -0.39 is 17.9 Å². The molecule has 2 aromatic carbocycles. The molecule has 2 aliphatic rings. The number of nitrogens with two attached hydrogens (primary N) is 1. The van der Waals surface area contributed by atoms with Crippen molar-refractivity contribution in [2.75, 3.05) is 44.1 Å². The van der Waals surface area contributed by atoms with Gasteiger partial charge in [-0.1, -0.05) is 42.5 Å². The van der Waals surface area contributed by atoms with E-state index in [1.165, 1.54) is 19.1 Å². The topological polar surface area (TPSA) is 138 Å². The molecule has 10 heteroatoms. The van der Waals surface area contributed by atoms with E-state index in [0.717, 1.165) is 25.9 Å². The van der Waals surface area contributed by atoms with Crippen LogP contribution in [0.5, 0.6) is 0 Å². The van der Waals surface area contributed by atoms with Crippen LogP contribution in [0.2, 0.25) is 0 Å². The fraction of sp³-hybridized carbons (Fsp3) is 0.286. The number of hydrogen-bond donors (Lipinski definition) is 2. The second-order valence-electron chi connectivity index (χ2n) is 8.88. The van der Waals surface area contributed by atoms with Gasteiger partial charge in [-0.2, -0.15) is 5.26 Å². The highest BCUT2D eigenvalue weighted by Crippen LogP contribution is 2.44. The highest BCUT2D eigenvalue weighted by Gasteiger charge is 2.43. The molecule has 1 fully saturated rings. The SMILES string of the molecule is COC(=O)C1=C(C(=O)OC)N(c2ccccc2NC(=O)CN2CCCC2)C(N)=C(C#N)C1c1ccccc1. The molecule has 1 saturated heterocycles. The maximum Gasteiger partial charge on any atom is 0.355 e. The lowest BCUT2D eigenvalue weighted by molar-refractivity contribution is -0.139. The molecule has 4 rings (SSSR count). The quantitative estimate of drug-likeness (QED) is 0.533. The maximum atomic E-state index is 13.3. The van der Waals surface area contributed by atoms with Gasteiger partial charge in [0.05, 0.1) is 55.3 Å². The summed E-state index contributed by atoms with van der Waals surface area (Å²) in [4.78, 5) is 42.7. The van der Waals surface area contributed by atoms with Crippen LogP contribution in [-0.4, -0.2) is 56.6 Å². The number of nitriles is 1. The fourth-order valence-corrected chi connectivity index (χ4v) is 4.87. The number of nitrogens with zero attached hydrogens (tertiary/aromatic N) is 3. The van der Waals surface area contributed by atoms with Gasteiger partial charge in [-0.25, -0.2) is 9.59 Å². The first-order chi connectivity index (χ1) is 18.4. The van der Waals surface area contributed by atoms with Crippen molar-refractivity contribution in [3.05, 3.63) is 82.8 Å². The van der Waals surface area contributed by atoms with Gasteiger partial charge in [-0.15, -0.1) is 0 Å². The van der Waals surface area contributed by atoms with Crippen molar-refractivity contribution in [2.45, 2.75) is 18.8 Å². The number of benzene rings is 2. The van der Waals surface area contributed by atoms with Gasteiger partial charge in [0.15, 0.2) is 0 Å². The number of carbonyl (C=O) groups excluding carboxylic acids is 3. The molecule has 1 amide bonds. The zero-order valence-corrected chi connectivity index (χ0v) is 21.3. The van der Waals surface area contributed by atoms with Gasteiger partial charge in [-0.05, 0) is 43.6 Å². The molecule has 1 unspecified atom stereocenters. The van der Waals surface area contributed by atoms with Crippen LogP contribution in [0.25, 0.3) is 0 Å². The van der Waals surface area contributed by atoms with Crippen LogP contribution in [0.1, 0.15) is 24.3 Å². The van der Waals surface area contributed by atoms with Crippen LogP contribution >= 0.6 is 0 Å². The van der Waals surface area contributed by atoms with Gasteiger partial charge in [0, 0.05) is 0 Å². The second kappa shape index (κ2) is 11.6. The Labute approximate surface area is 220 Å². The number of hydrogen-bond acceptors (Lipinski definition) is 9. The normalized spacial score (nSPS) is 17.7. The third-order valence-corrected chi connectivity index (χ3v) is 6.60. The van der Waals surface area contributed by atoms with E-state index in [1.54, 1.807) is 54.6 Å². The number of esters is 2. The zero-order valence-electron chi connectivity index (χ0n) is 21.3. The zero-order chi connectivity index (χ0) is 27.2. The molecule has 10 nitrogen and oxygen atoms in total. The summed E-state index contributed by atoms with van der Waals surface area (Å²) in [5, 5.41) is 13.1. The molecule has 0 saturated carbocycles. The van der Waals surface area contributed by atoms with Crippen LogP contribution in [0.15, 0.2) is 77.3 Å². The van der Waals surface area contributed by atoms with Crippen molar-refractivity contribution in [3.8, 4) is 6.07 Å². The molecule has 2 aromatic rings. The van der Waals surface area contributed by atoms with Gasteiger partial charge in [0.2, 0.25) is 5.91 Å². The van der Waals surface area contributed by atoms with Crippen LogP contribution < -0.4 is 16.0 Å². The van der Waals surface area contributed by atoms with Crippen LogP contribution in [-0.2, 0) is 23.9 Å². The van der Waals surface area contributed by atoms with Crippen LogP contribution in [0, 0.1) is 11.3 Å². The third kappa shape index (κ3) is 5.10. The average molecular weight is 516 g/mol. The molecule has 2 aliphatic heterocycles. The first-order valence-corrected chi connectivity index (χ1v) is 12.2. The minimum absolute atomic E-state index is 0.0439. The van der Waals surface area contributed by atoms with E-state index in [0.29, 0.717) is 16.9 Å². The summed E-state index contributed by atoms with van der Waals surface area (Å²) in [6.07, 6.45) is 2.09. The first kappa shape index (κ1) is 26.4. The van der Waals surface area contributed by atoms with E-state index >= 15 is 0 Å². The molecule has 1 atom stereocenters. The van der Waals surface area contributed by atoms with Crippen molar-refractivity contribution in [3.63, 3.8) is 0 Å². The highest BCUT2D eigenvalue weighted by atomic mass is 16.5. The number of carbonyl (C=O) groups is 3. The monoisotopic (exact) mass is 515 g/mol. The predicted molar refractivity (Wildman–Crippen MR) is 140 cm³/mol. The number of likely N-dealkylation sites (tertiary alicyclic amines) is 1. The standard InChI is InChI=1S/C28H29N5O5/c1-37-27(35)24-23(18-10-4-3-5-11-18)19(16-29)26(30)33(25(24)28(36)38-2)21-13-7-6-12-20(21)31-22(34)17-32-14-8-9-15-32/h3-7,10-13,23H,8-9,14-15,17,30H2,1-2H3,(H,31,34). The molecule has 3 N–H and O–H groups in total. The van der Waals surface area contributed by atoms with Gasteiger partial charge >= 0.3 is 11.9 Å². The number of nitrogens with one attached hydrogen (secondary N) is 1. The lowest BCUT2D eigenvalue weighted by Crippen LogP contribution is -2.41. The summed E-state index contributed by atoms with van der Waals surface area (Å²) in [6.45, 7) is 1.91. The Hall–Kier alpha value is -4.62. The molecule has 0 bridgehead atoms. The molecule has 196 valence electrons. The summed E-state index contributed by atoms with van der Waals surface area (Å²) in [6, 6.07) is 17.6. The number of amides is 1. The van der Waals surface area contributed by atoms with Gasteiger partial charge in [0.1, 0.15) is 11.5 Å². The minimum atomic E-state index is -0.976. The van der Waals surface area contributed by atoms with Crippen molar-refractivity contribution in [1.29, 1.82) is 5.26 Å². The maximum absolute atomic E-state index is 13.3. The van der Waals surface area contributed by atoms with Crippen molar-refractivity contribution in [1.82, 2.24) is 4.90 Å². The lowest BCUT2D eigenvalue weighted by atomic mass is 9.81. The summed E-state index contributed by atoms with van der Waals surface area (Å²) < 4.78 is 10.1. The summed E-state index contributed by atoms with van der Waals surface area (Å²) in [5.74, 6) is -2.96. The van der Waals surface area contributed by atoms with E-state index in [1.807, 2.05) is 0 Å². The number of ether oxygens (including phenoxy) is 2. The molecule has 0 aliphatic carbocycles. The second-order valence-corrected chi connectivity index (χ2v) is 8.88. The highest BCUT2D eigenvalue weighted by molar-refractivity contribution is 6.07. The Morgan fingerprint density at radius 1 is 1.00 bits per heavy atom. The summed E-state index contributed by atoms with van der Waals surface area (Å²) >= 11 is 0. The van der Waals surface area contributed by atoms with E-state index in [2.05, 4.69) is 16.3 Å². The molecule has 2 heterocycles. The van der Waals surface area contributed by atoms with E-state index in [9.17, 15) is 19.6 Å². The van der Waals surface area contributed by atoms with Gasteiger partial charge in [-0.3, -0.25) is 14.6 Å². The first-order valence-electron chi connectivity index (χ1n) is 12.2. The lowest BCUT2D eigenvalue weighted by Gasteiger charge is -2.36. The molecule has 38 heavy (non-hydrogen) atoms. The smallest absolute Gasteiger partial charge is 0.355 e. The average Bonchev–Trinajstić information content (AvgIpc) is 3.45. The Morgan fingerprint density at radius 2 is 1.63 bits per heavy atom. The molecular formula is C28H29N5O5. The molecule has 0 aromatic heterocycles. The molecule has 0 radical (unpaired) electrons. The minimum Gasteiger partial charge on any atom is -0.466 e. The Bertz CT molecular complexity index is 1340. The number of methoxy groups -OCH3 is 2. The summed E-state index contributed by atoms with van der Waals surface area (Å²) in [7, 11) is 2.38. The number of rotatable bonds is 7. The van der Waals surface area contributed by atoms with E-state index in [4.69, 9.17) is 15.2 Å². The molecular weight excluding hydrogens is 486 g/mol. The number of allylic oxidation sites excluding steroid dienone is 1. The summed E-state index contributed by atoms with van der Waals surface area (Å²) in [5.41, 5.74) is 7.53. The Kier molecular flexibility index (Phi) is 8.09. The fourth-order valence-electron chi connectivity index (χ4n) is 4.87. The molecule has 0 spiro atoms. The number of para-hydroxylation sites is 2. The van der Waals surface area contributed by atoms with Crippen LogP contribution in [0.3, 0.4) is 0 Å². The number of anilines is 2. The van der Waals surface area contributed by atoms with Crippen molar-refractivity contribution < 1.29 is 23.9 Å². The van der Waals surface area contributed by atoms with Crippen LogP contribution in [0.4, 0.5) is 11.4 Å². The Morgan fingerprint density at radius 3 is 2.26 bits per heavy atom.